The van der Waals surface area contributed by atoms with Crippen LogP contribution < -0.4 is 4.74 Å². The molecule has 3 nitrogen and oxygen atoms in total. The van der Waals surface area contributed by atoms with Gasteiger partial charge in [-0.15, -0.1) is 0 Å². The van der Waals surface area contributed by atoms with Gasteiger partial charge in [0.2, 0.25) is 0 Å². The molecule has 0 saturated carbocycles. The minimum absolute atomic E-state index is 0.160. The van der Waals surface area contributed by atoms with Crippen LogP contribution in [0.1, 0.15) is 28.4 Å². The summed E-state index contributed by atoms with van der Waals surface area (Å²) in [5.41, 5.74) is 1.98. The fraction of sp³-hybridized carbons (Fsp3) is 0.208. The van der Waals surface area contributed by atoms with Crippen LogP contribution in [0.5, 0.6) is 5.75 Å². The van der Waals surface area contributed by atoms with E-state index >= 15 is 0 Å². The standard InChI is InChI=1S/C24H20F3NO2/c1-16-14-28(15-17-5-3-2-4-6-17)23(29)21-13-19(9-12-22(21)30-16)18-7-10-20(11-8-18)24(25,26)27/h2-13,16H,14-15H2,1H3/t16-/m1/s1. The van der Waals surface area contributed by atoms with Gasteiger partial charge in [0.05, 0.1) is 17.7 Å². The van der Waals surface area contributed by atoms with Crippen molar-refractivity contribution in [1.82, 2.24) is 4.90 Å². The monoisotopic (exact) mass is 411 g/mol. The largest absolute Gasteiger partial charge is 0.488 e. The predicted molar refractivity (Wildman–Crippen MR) is 108 cm³/mol. The molecule has 0 saturated heterocycles. The Morgan fingerprint density at radius 2 is 1.63 bits per heavy atom. The van der Waals surface area contributed by atoms with Crippen LogP contribution in [0, 0.1) is 0 Å². The van der Waals surface area contributed by atoms with E-state index in [1.54, 1.807) is 23.1 Å². The SMILES string of the molecule is C[C@@H]1CN(Cc2ccccc2)C(=O)c2cc(-c3ccc(C(F)(F)F)cc3)ccc2O1. The molecule has 0 bridgehead atoms. The number of nitrogens with zero attached hydrogens (tertiary/aromatic N) is 1. The quantitative estimate of drug-likeness (QED) is 0.546. The number of ether oxygens (including phenoxy) is 1. The molecule has 30 heavy (non-hydrogen) atoms. The van der Waals surface area contributed by atoms with Crippen LogP contribution in [0.2, 0.25) is 0 Å². The molecular formula is C24H20F3NO2. The van der Waals surface area contributed by atoms with Gasteiger partial charge in [-0.05, 0) is 47.9 Å². The molecule has 1 aliphatic rings. The van der Waals surface area contributed by atoms with Gasteiger partial charge in [0.1, 0.15) is 11.9 Å². The third-order valence-electron chi connectivity index (χ3n) is 5.06. The summed E-state index contributed by atoms with van der Waals surface area (Å²) in [5, 5.41) is 0. The van der Waals surface area contributed by atoms with Crippen molar-refractivity contribution in [2.45, 2.75) is 25.7 Å². The number of hydrogen-bond acceptors (Lipinski definition) is 2. The average molecular weight is 411 g/mol. The smallest absolute Gasteiger partial charge is 0.416 e. The lowest BCUT2D eigenvalue weighted by molar-refractivity contribution is -0.137. The van der Waals surface area contributed by atoms with E-state index in [1.165, 1.54) is 12.1 Å². The highest BCUT2D eigenvalue weighted by Gasteiger charge is 2.30. The van der Waals surface area contributed by atoms with Gasteiger partial charge < -0.3 is 9.64 Å². The molecule has 0 unspecified atom stereocenters. The van der Waals surface area contributed by atoms with Crippen molar-refractivity contribution >= 4 is 5.91 Å². The lowest BCUT2D eigenvalue weighted by Crippen LogP contribution is -2.35. The van der Waals surface area contributed by atoms with E-state index in [-0.39, 0.29) is 12.0 Å². The molecule has 3 aromatic carbocycles. The molecule has 0 aromatic heterocycles. The molecule has 0 fully saturated rings. The summed E-state index contributed by atoms with van der Waals surface area (Å²) in [7, 11) is 0. The maximum atomic E-state index is 13.3. The Morgan fingerprint density at radius 3 is 2.30 bits per heavy atom. The molecule has 0 radical (unpaired) electrons. The van der Waals surface area contributed by atoms with Gasteiger partial charge in [-0.3, -0.25) is 4.79 Å². The summed E-state index contributed by atoms with van der Waals surface area (Å²) in [6.07, 6.45) is -4.57. The van der Waals surface area contributed by atoms with Crippen LogP contribution in [0.15, 0.2) is 72.8 Å². The molecule has 0 spiro atoms. The molecule has 1 amide bonds. The van der Waals surface area contributed by atoms with E-state index < -0.39 is 11.7 Å². The number of benzene rings is 3. The van der Waals surface area contributed by atoms with Crippen molar-refractivity contribution < 1.29 is 22.7 Å². The van der Waals surface area contributed by atoms with Crippen LogP contribution in [0.3, 0.4) is 0 Å². The molecule has 3 aromatic rings. The zero-order chi connectivity index (χ0) is 21.3. The van der Waals surface area contributed by atoms with Gasteiger partial charge in [0, 0.05) is 6.54 Å². The Labute approximate surface area is 172 Å². The Kier molecular flexibility index (Phi) is 5.24. The lowest BCUT2D eigenvalue weighted by atomic mass is 10.0. The predicted octanol–water partition coefficient (Wildman–Crippen LogP) is 5.80. The molecule has 4 rings (SSSR count). The van der Waals surface area contributed by atoms with E-state index in [0.29, 0.717) is 35.5 Å². The molecular weight excluding hydrogens is 391 g/mol. The number of hydrogen-bond donors (Lipinski definition) is 0. The maximum absolute atomic E-state index is 13.3. The van der Waals surface area contributed by atoms with Crippen molar-refractivity contribution in [3.63, 3.8) is 0 Å². The lowest BCUT2D eigenvalue weighted by Gasteiger charge is -2.22. The van der Waals surface area contributed by atoms with Gasteiger partial charge >= 0.3 is 6.18 Å². The van der Waals surface area contributed by atoms with Crippen molar-refractivity contribution in [2.24, 2.45) is 0 Å². The highest BCUT2D eigenvalue weighted by molar-refractivity contribution is 5.98. The first-order chi connectivity index (χ1) is 14.3. The first-order valence-corrected chi connectivity index (χ1v) is 9.63. The average Bonchev–Trinajstić information content (AvgIpc) is 2.84. The van der Waals surface area contributed by atoms with Gasteiger partial charge in [-0.1, -0.05) is 48.5 Å². The topological polar surface area (TPSA) is 29.5 Å². The normalized spacial score (nSPS) is 16.6. The van der Waals surface area contributed by atoms with Gasteiger partial charge in [-0.25, -0.2) is 0 Å². The zero-order valence-corrected chi connectivity index (χ0v) is 16.3. The summed E-state index contributed by atoms with van der Waals surface area (Å²) in [6, 6.07) is 19.8. The number of halogens is 3. The molecule has 0 N–H and O–H groups in total. The minimum Gasteiger partial charge on any atom is -0.488 e. The number of carbonyl (C=O) groups excluding carboxylic acids is 1. The Balaban J connectivity index is 1.66. The fourth-order valence-corrected chi connectivity index (χ4v) is 3.59. The molecule has 1 heterocycles. The second kappa shape index (κ2) is 7.86. The van der Waals surface area contributed by atoms with Crippen LogP contribution in [0.25, 0.3) is 11.1 Å². The molecule has 6 heteroatoms. The van der Waals surface area contributed by atoms with E-state index in [2.05, 4.69) is 0 Å². The first-order valence-electron chi connectivity index (χ1n) is 9.63. The van der Waals surface area contributed by atoms with E-state index in [9.17, 15) is 18.0 Å². The second-order valence-corrected chi connectivity index (χ2v) is 7.39. The number of rotatable bonds is 3. The fourth-order valence-electron chi connectivity index (χ4n) is 3.59. The maximum Gasteiger partial charge on any atom is 0.416 e. The molecule has 154 valence electrons. The minimum atomic E-state index is -4.38. The van der Waals surface area contributed by atoms with Crippen molar-refractivity contribution in [2.75, 3.05) is 6.54 Å². The van der Waals surface area contributed by atoms with Crippen molar-refractivity contribution in [3.8, 4) is 16.9 Å². The van der Waals surface area contributed by atoms with E-state index in [0.717, 1.165) is 17.7 Å². The van der Waals surface area contributed by atoms with Crippen LogP contribution >= 0.6 is 0 Å². The van der Waals surface area contributed by atoms with Crippen LogP contribution in [0.4, 0.5) is 13.2 Å². The summed E-state index contributed by atoms with van der Waals surface area (Å²) >= 11 is 0. The summed E-state index contributed by atoms with van der Waals surface area (Å²) < 4.78 is 44.4. The summed E-state index contributed by atoms with van der Waals surface area (Å²) in [6.45, 7) is 2.81. The van der Waals surface area contributed by atoms with Gasteiger partial charge in [0.15, 0.2) is 0 Å². The number of amides is 1. The van der Waals surface area contributed by atoms with Gasteiger partial charge in [-0.2, -0.15) is 13.2 Å². The molecule has 1 atom stereocenters. The third kappa shape index (κ3) is 4.17. The number of carbonyl (C=O) groups is 1. The Bertz CT molecular complexity index is 1050. The Morgan fingerprint density at radius 1 is 0.967 bits per heavy atom. The number of fused-ring (bicyclic) bond motifs is 1. The van der Waals surface area contributed by atoms with Crippen LogP contribution in [-0.4, -0.2) is 23.5 Å². The number of alkyl halides is 3. The summed E-state index contributed by atoms with van der Waals surface area (Å²) in [5.74, 6) is 0.325. The highest BCUT2D eigenvalue weighted by Crippen LogP contribution is 2.33. The second-order valence-electron chi connectivity index (χ2n) is 7.39. The van der Waals surface area contributed by atoms with Crippen LogP contribution in [-0.2, 0) is 12.7 Å². The molecule has 0 aliphatic carbocycles. The van der Waals surface area contributed by atoms with E-state index in [4.69, 9.17) is 4.74 Å². The van der Waals surface area contributed by atoms with Crippen molar-refractivity contribution in [3.05, 3.63) is 89.5 Å². The van der Waals surface area contributed by atoms with E-state index in [1.807, 2.05) is 37.3 Å². The summed E-state index contributed by atoms with van der Waals surface area (Å²) in [4.78, 5) is 15.0. The zero-order valence-electron chi connectivity index (χ0n) is 16.3. The van der Waals surface area contributed by atoms with Crippen molar-refractivity contribution in [1.29, 1.82) is 0 Å². The first kappa shape index (κ1) is 20.0. The van der Waals surface area contributed by atoms with Gasteiger partial charge in [0.25, 0.3) is 5.91 Å². The Hall–Kier alpha value is -3.28. The highest BCUT2D eigenvalue weighted by atomic mass is 19.4. The molecule has 1 aliphatic heterocycles. The third-order valence-corrected chi connectivity index (χ3v) is 5.06.